The summed E-state index contributed by atoms with van der Waals surface area (Å²) < 4.78 is 1.95. The van der Waals surface area contributed by atoms with Crippen LogP contribution in [0.2, 0.25) is 0 Å². The van der Waals surface area contributed by atoms with Crippen LogP contribution < -0.4 is 9.88 Å². The van der Waals surface area contributed by atoms with Crippen LogP contribution in [-0.2, 0) is 6.54 Å². The minimum atomic E-state index is 0.162. The number of nitrogens with one attached hydrogen (secondary N) is 1. The second kappa shape index (κ2) is 6.57. The van der Waals surface area contributed by atoms with E-state index in [-0.39, 0.29) is 6.61 Å². The lowest BCUT2D eigenvalue weighted by Gasteiger charge is -1.99. The number of aliphatic hydroxyl groups excluding tert-OH is 1. The summed E-state index contributed by atoms with van der Waals surface area (Å²) in [5.41, 5.74) is 2.19. The van der Waals surface area contributed by atoms with Gasteiger partial charge in [-0.1, -0.05) is 18.2 Å². The quantitative estimate of drug-likeness (QED) is 0.786. The molecule has 2 rings (SSSR count). The van der Waals surface area contributed by atoms with Crippen LogP contribution in [0.1, 0.15) is 5.56 Å². The molecule has 2 aromatic rings. The molecule has 2 N–H and O–H groups in total. The Kier molecular flexibility index (Phi) is 4.50. The molecule has 0 aliphatic carbocycles. The zero-order valence-electron chi connectivity index (χ0n) is 10.2. The number of pyridine rings is 1. The Morgan fingerprint density at radius 2 is 1.78 bits per heavy atom. The van der Waals surface area contributed by atoms with E-state index in [4.69, 9.17) is 5.11 Å². The molecular formula is C15H17N2O+. The summed E-state index contributed by atoms with van der Waals surface area (Å²) in [6, 6.07) is 14.0. The first kappa shape index (κ1) is 12.3. The zero-order chi connectivity index (χ0) is 12.6. The van der Waals surface area contributed by atoms with Gasteiger partial charge in [0.2, 0.25) is 0 Å². The average molecular weight is 241 g/mol. The van der Waals surface area contributed by atoms with Gasteiger partial charge in [-0.15, -0.1) is 0 Å². The molecule has 1 aromatic heterocycles. The summed E-state index contributed by atoms with van der Waals surface area (Å²) in [7, 11) is 0. The van der Waals surface area contributed by atoms with Crippen molar-refractivity contribution in [3.05, 3.63) is 66.6 Å². The maximum atomic E-state index is 8.81. The van der Waals surface area contributed by atoms with E-state index in [1.165, 1.54) is 0 Å². The molecule has 0 radical (unpaired) electrons. The third-order valence-electron chi connectivity index (χ3n) is 2.57. The smallest absolute Gasteiger partial charge is 0.171 e. The van der Waals surface area contributed by atoms with Crippen molar-refractivity contribution in [3.63, 3.8) is 0 Å². The molecule has 0 atom stereocenters. The van der Waals surface area contributed by atoms with Crippen LogP contribution in [0.3, 0.4) is 0 Å². The van der Waals surface area contributed by atoms with E-state index in [1.807, 2.05) is 71.7 Å². The number of aromatic nitrogens is 1. The summed E-state index contributed by atoms with van der Waals surface area (Å²) >= 11 is 0. The number of nitrogens with zero attached hydrogens (tertiary/aromatic N) is 1. The van der Waals surface area contributed by atoms with Gasteiger partial charge in [-0.3, -0.25) is 0 Å². The molecule has 92 valence electrons. The van der Waals surface area contributed by atoms with Crippen LogP contribution in [0.4, 0.5) is 5.69 Å². The molecule has 0 bridgehead atoms. The second-order valence-corrected chi connectivity index (χ2v) is 3.94. The maximum Gasteiger partial charge on any atom is 0.171 e. The van der Waals surface area contributed by atoms with Crippen molar-refractivity contribution in [3.8, 4) is 0 Å². The van der Waals surface area contributed by atoms with E-state index in [0.717, 1.165) is 11.3 Å². The lowest BCUT2D eigenvalue weighted by atomic mass is 10.2. The van der Waals surface area contributed by atoms with Crippen LogP contribution in [-0.4, -0.2) is 11.7 Å². The Morgan fingerprint density at radius 3 is 2.44 bits per heavy atom. The molecule has 0 aliphatic heterocycles. The summed E-state index contributed by atoms with van der Waals surface area (Å²) in [4.78, 5) is 0. The van der Waals surface area contributed by atoms with Gasteiger partial charge >= 0.3 is 0 Å². The number of benzene rings is 1. The minimum Gasteiger partial charge on any atom is -0.390 e. The maximum absolute atomic E-state index is 8.81. The third kappa shape index (κ3) is 3.71. The van der Waals surface area contributed by atoms with E-state index in [2.05, 4.69) is 5.32 Å². The highest BCUT2D eigenvalue weighted by atomic mass is 16.3. The van der Waals surface area contributed by atoms with Crippen molar-refractivity contribution in [2.24, 2.45) is 0 Å². The van der Waals surface area contributed by atoms with Gasteiger partial charge in [0, 0.05) is 24.0 Å². The lowest BCUT2D eigenvalue weighted by Crippen LogP contribution is -2.34. The number of hydrogen-bond donors (Lipinski definition) is 2. The van der Waals surface area contributed by atoms with Crippen LogP contribution in [0.25, 0.3) is 6.08 Å². The molecule has 1 aromatic carbocycles. The topological polar surface area (TPSA) is 36.1 Å². The van der Waals surface area contributed by atoms with Gasteiger partial charge in [0.05, 0.1) is 0 Å². The highest BCUT2D eigenvalue weighted by molar-refractivity contribution is 5.54. The minimum absolute atomic E-state index is 0.162. The average Bonchev–Trinajstić information content (AvgIpc) is 2.42. The molecule has 0 unspecified atom stereocenters. The van der Waals surface area contributed by atoms with Gasteiger partial charge in [0.25, 0.3) is 0 Å². The SMILES string of the molecule is OCC[n+]1ccc(/C=C/Nc2ccccc2)cc1. The van der Waals surface area contributed by atoms with Gasteiger partial charge in [-0.25, -0.2) is 4.57 Å². The number of aliphatic hydroxyl groups is 1. The highest BCUT2D eigenvalue weighted by Gasteiger charge is 1.96. The second-order valence-electron chi connectivity index (χ2n) is 3.94. The Morgan fingerprint density at radius 1 is 1.06 bits per heavy atom. The number of rotatable bonds is 5. The van der Waals surface area contributed by atoms with E-state index < -0.39 is 0 Å². The predicted octanol–water partition coefficient (Wildman–Crippen LogP) is 2.05. The molecular weight excluding hydrogens is 224 g/mol. The molecule has 0 saturated carbocycles. The molecule has 3 nitrogen and oxygen atoms in total. The third-order valence-corrected chi connectivity index (χ3v) is 2.57. The van der Waals surface area contributed by atoms with Crippen LogP contribution in [0.5, 0.6) is 0 Å². The first-order valence-electron chi connectivity index (χ1n) is 5.96. The Bertz CT molecular complexity index is 492. The van der Waals surface area contributed by atoms with Gasteiger partial charge in [0.15, 0.2) is 18.9 Å². The summed E-state index contributed by atoms with van der Waals surface area (Å²) in [5.74, 6) is 0. The molecule has 18 heavy (non-hydrogen) atoms. The molecule has 0 aliphatic rings. The van der Waals surface area contributed by atoms with Crippen molar-refractivity contribution in [2.45, 2.75) is 6.54 Å². The number of hydrogen-bond acceptors (Lipinski definition) is 2. The lowest BCUT2D eigenvalue weighted by molar-refractivity contribution is -0.698. The standard InChI is InChI=1S/C15H16N2O/c18-13-12-17-10-7-14(8-11-17)6-9-16-15-4-2-1-3-5-15/h1-11,18H,12-13H2/p+1. The van der Waals surface area contributed by atoms with Gasteiger partial charge in [-0.2, -0.15) is 0 Å². The van der Waals surface area contributed by atoms with E-state index in [0.29, 0.717) is 6.54 Å². The van der Waals surface area contributed by atoms with Crippen LogP contribution in [0.15, 0.2) is 61.1 Å². The predicted molar refractivity (Wildman–Crippen MR) is 72.8 cm³/mol. The van der Waals surface area contributed by atoms with Crippen molar-refractivity contribution in [1.29, 1.82) is 0 Å². The van der Waals surface area contributed by atoms with Crippen molar-refractivity contribution in [2.75, 3.05) is 11.9 Å². The van der Waals surface area contributed by atoms with E-state index in [1.54, 1.807) is 0 Å². The summed E-state index contributed by atoms with van der Waals surface area (Å²) in [5, 5.41) is 12.0. The fraction of sp³-hybridized carbons (Fsp3) is 0.133. The Labute approximate surface area is 107 Å². The zero-order valence-corrected chi connectivity index (χ0v) is 10.2. The van der Waals surface area contributed by atoms with Gasteiger partial charge in [0.1, 0.15) is 6.61 Å². The van der Waals surface area contributed by atoms with Crippen molar-refractivity contribution in [1.82, 2.24) is 0 Å². The van der Waals surface area contributed by atoms with Gasteiger partial charge in [-0.05, 0) is 23.8 Å². The van der Waals surface area contributed by atoms with Gasteiger partial charge < -0.3 is 10.4 Å². The molecule has 3 heteroatoms. The van der Waals surface area contributed by atoms with Crippen LogP contribution in [0, 0.1) is 0 Å². The molecule has 0 spiro atoms. The summed E-state index contributed by atoms with van der Waals surface area (Å²) in [6.45, 7) is 0.793. The van der Waals surface area contributed by atoms with Crippen molar-refractivity contribution < 1.29 is 9.67 Å². The molecule has 0 saturated heterocycles. The normalized spacial score (nSPS) is 10.7. The monoisotopic (exact) mass is 241 g/mol. The van der Waals surface area contributed by atoms with Crippen molar-refractivity contribution >= 4 is 11.8 Å². The number of anilines is 1. The Hall–Kier alpha value is -2.13. The summed E-state index contributed by atoms with van der Waals surface area (Å²) in [6.07, 6.45) is 7.84. The number of para-hydroxylation sites is 1. The van der Waals surface area contributed by atoms with Crippen LogP contribution >= 0.6 is 0 Å². The Balaban J connectivity index is 1.93. The molecule has 0 amide bonds. The van der Waals surface area contributed by atoms with E-state index >= 15 is 0 Å². The van der Waals surface area contributed by atoms with E-state index in [9.17, 15) is 0 Å². The first-order valence-corrected chi connectivity index (χ1v) is 5.96. The molecule has 0 fully saturated rings. The fourth-order valence-electron chi connectivity index (χ4n) is 1.61. The first-order chi connectivity index (χ1) is 8.88. The molecule has 1 heterocycles. The largest absolute Gasteiger partial charge is 0.390 e. The highest BCUT2D eigenvalue weighted by Crippen LogP contribution is 2.05. The fourth-order valence-corrected chi connectivity index (χ4v) is 1.61.